The van der Waals surface area contributed by atoms with Gasteiger partial charge in [0.1, 0.15) is 5.75 Å². The zero-order chi connectivity index (χ0) is 13.2. The number of benzene rings is 2. The normalized spacial score (nSPS) is 10.8. The molecular formula is C15H15N3O. The molecule has 0 aliphatic rings. The lowest BCUT2D eigenvalue weighted by molar-refractivity contribution is 0.414. The van der Waals surface area contributed by atoms with Gasteiger partial charge in [-0.3, -0.25) is 0 Å². The summed E-state index contributed by atoms with van der Waals surface area (Å²) in [4.78, 5) is 4.38. The predicted octanol–water partition coefficient (Wildman–Crippen LogP) is 2.68. The highest BCUT2D eigenvalue weighted by molar-refractivity contribution is 5.75. The van der Waals surface area contributed by atoms with E-state index in [-0.39, 0.29) is 0 Å². The summed E-state index contributed by atoms with van der Waals surface area (Å²) in [5.41, 5.74) is 9.79. The maximum Gasteiger partial charge on any atom is 0.121 e. The van der Waals surface area contributed by atoms with Gasteiger partial charge in [-0.1, -0.05) is 12.1 Å². The average molecular weight is 253 g/mol. The standard InChI is InChI=1S/C15H15N3O/c1-19-13-7-11(6-12(16)8-13)9-18-10-17-14-4-2-3-5-15(14)18/h2-8,10H,9,16H2,1H3. The van der Waals surface area contributed by atoms with Gasteiger partial charge in [-0.05, 0) is 29.8 Å². The number of nitrogens with two attached hydrogens (primary N) is 1. The Balaban J connectivity index is 1.99. The van der Waals surface area contributed by atoms with E-state index in [0.29, 0.717) is 5.69 Å². The second-order valence-electron chi connectivity index (χ2n) is 4.48. The zero-order valence-electron chi connectivity index (χ0n) is 10.7. The van der Waals surface area contributed by atoms with E-state index in [4.69, 9.17) is 10.5 Å². The van der Waals surface area contributed by atoms with Crippen LogP contribution in [0, 0.1) is 0 Å². The molecule has 3 aromatic rings. The first-order valence-electron chi connectivity index (χ1n) is 6.09. The molecule has 2 aromatic carbocycles. The van der Waals surface area contributed by atoms with Gasteiger partial charge >= 0.3 is 0 Å². The van der Waals surface area contributed by atoms with Gasteiger partial charge in [0.2, 0.25) is 0 Å². The molecule has 0 aliphatic carbocycles. The third-order valence-electron chi connectivity index (χ3n) is 3.10. The largest absolute Gasteiger partial charge is 0.497 e. The number of ether oxygens (including phenoxy) is 1. The molecule has 2 N–H and O–H groups in total. The fourth-order valence-electron chi connectivity index (χ4n) is 2.23. The van der Waals surface area contributed by atoms with Crippen LogP contribution in [-0.4, -0.2) is 16.7 Å². The molecule has 0 unspecified atom stereocenters. The summed E-state index contributed by atoms with van der Waals surface area (Å²) in [5.74, 6) is 0.777. The van der Waals surface area contributed by atoms with Crippen molar-refractivity contribution in [3.8, 4) is 5.75 Å². The van der Waals surface area contributed by atoms with Crippen LogP contribution in [-0.2, 0) is 6.54 Å². The minimum Gasteiger partial charge on any atom is -0.497 e. The number of hydrogen-bond acceptors (Lipinski definition) is 3. The summed E-state index contributed by atoms with van der Waals surface area (Å²) in [6.07, 6.45) is 1.85. The number of anilines is 1. The molecule has 0 spiro atoms. The van der Waals surface area contributed by atoms with Crippen molar-refractivity contribution in [2.45, 2.75) is 6.54 Å². The van der Waals surface area contributed by atoms with Gasteiger partial charge < -0.3 is 15.0 Å². The lowest BCUT2D eigenvalue weighted by Gasteiger charge is -2.08. The molecule has 3 rings (SSSR count). The van der Waals surface area contributed by atoms with E-state index in [0.717, 1.165) is 28.9 Å². The van der Waals surface area contributed by atoms with Crippen LogP contribution in [0.4, 0.5) is 5.69 Å². The number of nitrogens with zero attached hydrogens (tertiary/aromatic N) is 2. The molecule has 0 aliphatic heterocycles. The maximum atomic E-state index is 5.87. The van der Waals surface area contributed by atoms with Crippen molar-refractivity contribution >= 4 is 16.7 Å². The van der Waals surface area contributed by atoms with Gasteiger partial charge in [0.05, 0.1) is 24.5 Å². The summed E-state index contributed by atoms with van der Waals surface area (Å²) >= 11 is 0. The first-order chi connectivity index (χ1) is 9.26. The van der Waals surface area contributed by atoms with Crippen molar-refractivity contribution < 1.29 is 4.74 Å². The fraction of sp³-hybridized carbons (Fsp3) is 0.133. The van der Waals surface area contributed by atoms with Crippen molar-refractivity contribution in [3.63, 3.8) is 0 Å². The molecule has 4 nitrogen and oxygen atoms in total. The molecule has 96 valence electrons. The highest BCUT2D eigenvalue weighted by Gasteiger charge is 2.04. The highest BCUT2D eigenvalue weighted by Crippen LogP contribution is 2.21. The first kappa shape index (κ1) is 11.6. The molecule has 4 heteroatoms. The van der Waals surface area contributed by atoms with E-state index in [9.17, 15) is 0 Å². The number of imidazole rings is 1. The lowest BCUT2D eigenvalue weighted by atomic mass is 10.2. The molecule has 0 saturated carbocycles. The monoisotopic (exact) mass is 253 g/mol. The van der Waals surface area contributed by atoms with Crippen LogP contribution in [0.3, 0.4) is 0 Å². The van der Waals surface area contributed by atoms with Gasteiger partial charge in [-0.15, -0.1) is 0 Å². The summed E-state index contributed by atoms with van der Waals surface area (Å²) in [5, 5.41) is 0. The molecular weight excluding hydrogens is 238 g/mol. The molecule has 1 heterocycles. The van der Waals surface area contributed by atoms with Gasteiger partial charge in [0, 0.05) is 18.3 Å². The third kappa shape index (κ3) is 2.25. The molecule has 0 atom stereocenters. The number of fused-ring (bicyclic) bond motifs is 1. The highest BCUT2D eigenvalue weighted by atomic mass is 16.5. The van der Waals surface area contributed by atoms with E-state index >= 15 is 0 Å². The van der Waals surface area contributed by atoms with Crippen LogP contribution in [0.1, 0.15) is 5.56 Å². The van der Waals surface area contributed by atoms with E-state index in [1.54, 1.807) is 7.11 Å². The smallest absolute Gasteiger partial charge is 0.121 e. The number of methoxy groups -OCH3 is 1. The summed E-state index contributed by atoms with van der Waals surface area (Å²) in [6.45, 7) is 0.724. The van der Waals surface area contributed by atoms with Crippen LogP contribution in [0.5, 0.6) is 5.75 Å². The summed E-state index contributed by atoms with van der Waals surface area (Å²) in [7, 11) is 1.64. The van der Waals surface area contributed by atoms with Crippen molar-refractivity contribution in [2.75, 3.05) is 12.8 Å². The number of nitrogen functional groups attached to an aromatic ring is 1. The molecule has 19 heavy (non-hydrogen) atoms. The minimum atomic E-state index is 0.707. The Morgan fingerprint density at radius 3 is 2.89 bits per heavy atom. The Bertz CT molecular complexity index is 718. The third-order valence-corrected chi connectivity index (χ3v) is 3.10. The maximum absolute atomic E-state index is 5.87. The minimum absolute atomic E-state index is 0.707. The van der Waals surface area contributed by atoms with Gasteiger partial charge in [0.15, 0.2) is 0 Å². The van der Waals surface area contributed by atoms with Crippen LogP contribution in [0.2, 0.25) is 0 Å². The Hall–Kier alpha value is -2.49. The molecule has 0 fully saturated rings. The van der Waals surface area contributed by atoms with Crippen LogP contribution < -0.4 is 10.5 Å². The fourth-order valence-corrected chi connectivity index (χ4v) is 2.23. The molecule has 0 saturated heterocycles. The van der Waals surface area contributed by atoms with Gasteiger partial charge in [-0.25, -0.2) is 4.98 Å². The summed E-state index contributed by atoms with van der Waals surface area (Å²) < 4.78 is 7.34. The topological polar surface area (TPSA) is 53.1 Å². The van der Waals surface area contributed by atoms with Crippen LogP contribution >= 0.6 is 0 Å². The number of rotatable bonds is 3. The average Bonchev–Trinajstić information content (AvgIpc) is 2.82. The molecule has 0 bridgehead atoms. The first-order valence-corrected chi connectivity index (χ1v) is 6.09. The van der Waals surface area contributed by atoms with Gasteiger partial charge in [-0.2, -0.15) is 0 Å². The molecule has 0 radical (unpaired) electrons. The number of hydrogen-bond donors (Lipinski definition) is 1. The Morgan fingerprint density at radius 1 is 1.21 bits per heavy atom. The van der Waals surface area contributed by atoms with E-state index < -0.39 is 0 Å². The molecule has 1 aromatic heterocycles. The Kier molecular flexibility index (Phi) is 2.83. The van der Waals surface area contributed by atoms with E-state index in [1.807, 2.05) is 42.7 Å². The van der Waals surface area contributed by atoms with Crippen molar-refractivity contribution in [3.05, 3.63) is 54.4 Å². The predicted molar refractivity (Wildman–Crippen MR) is 76.2 cm³/mol. The van der Waals surface area contributed by atoms with E-state index in [1.165, 1.54) is 0 Å². The quantitative estimate of drug-likeness (QED) is 0.730. The lowest BCUT2D eigenvalue weighted by Crippen LogP contribution is -2.00. The van der Waals surface area contributed by atoms with Crippen molar-refractivity contribution in [1.82, 2.24) is 9.55 Å². The second kappa shape index (κ2) is 4.65. The number of para-hydroxylation sites is 2. The summed E-state index contributed by atoms with van der Waals surface area (Å²) in [6, 6.07) is 13.8. The molecule has 0 amide bonds. The van der Waals surface area contributed by atoms with Crippen LogP contribution in [0.25, 0.3) is 11.0 Å². The Labute approximate surface area is 111 Å². The van der Waals surface area contributed by atoms with Crippen LogP contribution in [0.15, 0.2) is 48.8 Å². The SMILES string of the molecule is COc1cc(N)cc(Cn2cnc3ccccc32)c1. The van der Waals surface area contributed by atoms with E-state index in [2.05, 4.69) is 15.6 Å². The zero-order valence-corrected chi connectivity index (χ0v) is 10.7. The van der Waals surface area contributed by atoms with Crippen molar-refractivity contribution in [2.24, 2.45) is 0 Å². The van der Waals surface area contributed by atoms with Gasteiger partial charge in [0.25, 0.3) is 0 Å². The second-order valence-corrected chi connectivity index (χ2v) is 4.48. The van der Waals surface area contributed by atoms with Crippen molar-refractivity contribution in [1.29, 1.82) is 0 Å². The number of aromatic nitrogens is 2. The Morgan fingerprint density at radius 2 is 2.05 bits per heavy atom.